The standard InChI is InChI=1S/C24H27BrN2O4/c1-13(24-10-15-5-16(11-24)7-17(6-15)12-24)27-22(29)18(21(28)26-23(27)30)8-14-3-4-20(31-2)19(25)9-14/h3-4,8-9,13,15-17H,5-7,10-12H2,1-2H3,(H,26,28,30)/b18-8+/t13-,15?,16?,17?,24?/m0/s1. The van der Waals surface area contributed by atoms with E-state index in [1.54, 1.807) is 31.4 Å². The molecule has 0 spiro atoms. The van der Waals surface area contributed by atoms with Gasteiger partial charge < -0.3 is 4.74 Å². The molecule has 1 aliphatic heterocycles. The Morgan fingerprint density at radius 1 is 1.13 bits per heavy atom. The second-order valence-electron chi connectivity index (χ2n) is 9.84. The van der Waals surface area contributed by atoms with Crippen molar-refractivity contribution in [3.63, 3.8) is 0 Å². The molecule has 1 atom stereocenters. The van der Waals surface area contributed by atoms with E-state index in [-0.39, 0.29) is 17.0 Å². The van der Waals surface area contributed by atoms with Gasteiger partial charge in [0.15, 0.2) is 0 Å². The predicted molar refractivity (Wildman–Crippen MR) is 119 cm³/mol. The zero-order chi connectivity index (χ0) is 21.9. The van der Waals surface area contributed by atoms with Gasteiger partial charge in [-0.15, -0.1) is 0 Å². The Balaban J connectivity index is 1.46. The van der Waals surface area contributed by atoms with Crippen molar-refractivity contribution in [1.29, 1.82) is 0 Å². The van der Waals surface area contributed by atoms with Crippen molar-refractivity contribution in [1.82, 2.24) is 10.2 Å². The molecule has 1 aromatic rings. The summed E-state index contributed by atoms with van der Waals surface area (Å²) in [6.45, 7) is 2.00. The summed E-state index contributed by atoms with van der Waals surface area (Å²) in [7, 11) is 1.58. The lowest BCUT2D eigenvalue weighted by atomic mass is 9.47. The van der Waals surface area contributed by atoms with Gasteiger partial charge in [0.05, 0.1) is 11.6 Å². The molecule has 0 radical (unpaired) electrons. The Kier molecular flexibility index (Phi) is 5.00. The number of amides is 4. The van der Waals surface area contributed by atoms with Gasteiger partial charge in [-0.2, -0.15) is 0 Å². The predicted octanol–water partition coefficient (Wildman–Crippen LogP) is 4.52. The average molecular weight is 487 g/mol. The topological polar surface area (TPSA) is 75.7 Å². The van der Waals surface area contributed by atoms with E-state index in [4.69, 9.17) is 4.74 Å². The maximum atomic E-state index is 13.4. The number of hydrogen-bond donors (Lipinski definition) is 1. The Bertz CT molecular complexity index is 966. The van der Waals surface area contributed by atoms with Crippen molar-refractivity contribution >= 4 is 39.9 Å². The largest absolute Gasteiger partial charge is 0.496 e. The maximum Gasteiger partial charge on any atom is 0.331 e. The number of rotatable bonds is 4. The first-order valence-corrected chi connectivity index (χ1v) is 11.8. The van der Waals surface area contributed by atoms with Gasteiger partial charge in [-0.3, -0.25) is 19.8 Å². The summed E-state index contributed by atoms with van der Waals surface area (Å²) in [5.41, 5.74) is 0.660. The first kappa shape index (κ1) is 20.7. The molecule has 4 aliphatic carbocycles. The van der Waals surface area contributed by atoms with E-state index in [1.807, 2.05) is 6.92 Å². The van der Waals surface area contributed by atoms with Gasteiger partial charge in [-0.05, 0) is 108 Å². The third-order valence-corrected chi connectivity index (χ3v) is 8.60. The molecule has 4 saturated carbocycles. The van der Waals surface area contributed by atoms with Gasteiger partial charge in [0, 0.05) is 6.04 Å². The SMILES string of the molecule is COc1ccc(/C=C2\C(=O)NC(=O)N([C@@H](C)C34CC5CC(CC(C5)C3)C4)C2=O)cc1Br. The van der Waals surface area contributed by atoms with Gasteiger partial charge in [-0.1, -0.05) is 6.07 Å². The molecule has 1 heterocycles. The van der Waals surface area contributed by atoms with Crippen LogP contribution in [0, 0.1) is 23.2 Å². The first-order valence-electron chi connectivity index (χ1n) is 11.0. The molecule has 4 amide bonds. The molecule has 5 aliphatic rings. The van der Waals surface area contributed by atoms with Crippen molar-refractivity contribution in [2.24, 2.45) is 23.2 Å². The van der Waals surface area contributed by atoms with Crippen LogP contribution >= 0.6 is 15.9 Å². The van der Waals surface area contributed by atoms with Crippen LogP contribution in [0.2, 0.25) is 0 Å². The molecule has 5 fully saturated rings. The highest BCUT2D eigenvalue weighted by atomic mass is 79.9. The molecule has 1 N–H and O–H groups in total. The fourth-order valence-electron chi connectivity index (χ4n) is 6.93. The van der Waals surface area contributed by atoms with Crippen LogP contribution in [0.15, 0.2) is 28.2 Å². The normalized spacial score (nSPS) is 34.3. The number of hydrogen-bond acceptors (Lipinski definition) is 4. The molecule has 0 aromatic heterocycles. The summed E-state index contributed by atoms with van der Waals surface area (Å²) in [6.07, 6.45) is 8.67. The number of carbonyl (C=O) groups excluding carboxylic acids is 3. The van der Waals surface area contributed by atoms with E-state index in [9.17, 15) is 14.4 Å². The summed E-state index contributed by atoms with van der Waals surface area (Å²) >= 11 is 3.43. The van der Waals surface area contributed by atoms with Gasteiger partial charge in [0.1, 0.15) is 11.3 Å². The molecule has 0 unspecified atom stereocenters. The van der Waals surface area contributed by atoms with Crippen LogP contribution in [0.1, 0.15) is 51.0 Å². The second kappa shape index (κ2) is 7.47. The molecule has 6 rings (SSSR count). The van der Waals surface area contributed by atoms with Gasteiger partial charge in [-0.25, -0.2) is 4.79 Å². The third-order valence-electron chi connectivity index (χ3n) is 7.98. The highest BCUT2D eigenvalue weighted by Crippen LogP contribution is 2.62. The Morgan fingerprint density at radius 3 is 2.29 bits per heavy atom. The molecular formula is C24H27BrN2O4. The van der Waals surface area contributed by atoms with E-state index < -0.39 is 17.8 Å². The smallest absolute Gasteiger partial charge is 0.331 e. The molecule has 1 aromatic carbocycles. The number of benzene rings is 1. The number of nitrogens with zero attached hydrogens (tertiary/aromatic N) is 1. The summed E-state index contributed by atoms with van der Waals surface area (Å²) in [4.78, 5) is 40.1. The monoisotopic (exact) mass is 486 g/mol. The fraction of sp³-hybridized carbons (Fsp3) is 0.542. The van der Waals surface area contributed by atoms with E-state index >= 15 is 0 Å². The van der Waals surface area contributed by atoms with E-state index in [0.29, 0.717) is 29.1 Å². The van der Waals surface area contributed by atoms with Crippen LogP contribution in [0.5, 0.6) is 5.75 Å². The Hall–Kier alpha value is -2.15. The summed E-state index contributed by atoms with van der Waals surface area (Å²) < 4.78 is 5.97. The van der Waals surface area contributed by atoms with Crippen molar-refractivity contribution in [2.45, 2.75) is 51.5 Å². The minimum atomic E-state index is -0.643. The summed E-state index contributed by atoms with van der Waals surface area (Å²) in [5, 5.41) is 2.40. The van der Waals surface area contributed by atoms with E-state index in [2.05, 4.69) is 21.2 Å². The van der Waals surface area contributed by atoms with Crippen LogP contribution in [0.25, 0.3) is 6.08 Å². The van der Waals surface area contributed by atoms with Crippen LogP contribution < -0.4 is 10.1 Å². The van der Waals surface area contributed by atoms with Crippen LogP contribution in [0.4, 0.5) is 4.79 Å². The highest BCUT2D eigenvalue weighted by Gasteiger charge is 2.56. The summed E-state index contributed by atoms with van der Waals surface area (Å²) in [5.74, 6) is 1.66. The van der Waals surface area contributed by atoms with Crippen molar-refractivity contribution in [3.8, 4) is 5.75 Å². The number of methoxy groups -OCH3 is 1. The zero-order valence-corrected chi connectivity index (χ0v) is 19.4. The minimum absolute atomic E-state index is 0.00625. The lowest BCUT2D eigenvalue weighted by molar-refractivity contribution is -0.139. The quantitative estimate of drug-likeness (QED) is 0.501. The zero-order valence-electron chi connectivity index (χ0n) is 17.8. The molecule has 164 valence electrons. The Labute approximate surface area is 190 Å². The number of barbiturate groups is 1. The molecule has 1 saturated heterocycles. The van der Waals surface area contributed by atoms with Crippen molar-refractivity contribution in [2.75, 3.05) is 7.11 Å². The van der Waals surface area contributed by atoms with Crippen LogP contribution in [0.3, 0.4) is 0 Å². The third kappa shape index (κ3) is 3.41. The number of carbonyl (C=O) groups is 3. The number of urea groups is 1. The maximum absolute atomic E-state index is 13.4. The van der Waals surface area contributed by atoms with Gasteiger partial charge in [0.25, 0.3) is 11.8 Å². The molecule has 31 heavy (non-hydrogen) atoms. The fourth-order valence-corrected chi connectivity index (χ4v) is 7.48. The number of imide groups is 2. The van der Waals surface area contributed by atoms with Crippen LogP contribution in [-0.2, 0) is 9.59 Å². The highest BCUT2D eigenvalue weighted by molar-refractivity contribution is 9.10. The number of ether oxygens (including phenoxy) is 1. The molecule has 4 bridgehead atoms. The molecular weight excluding hydrogens is 460 g/mol. The molecule has 6 nitrogen and oxygen atoms in total. The minimum Gasteiger partial charge on any atom is -0.496 e. The van der Waals surface area contributed by atoms with Crippen LogP contribution in [-0.4, -0.2) is 35.9 Å². The first-order chi connectivity index (χ1) is 14.8. The lowest BCUT2D eigenvalue weighted by Crippen LogP contribution is -2.63. The van der Waals surface area contributed by atoms with E-state index in [0.717, 1.165) is 23.7 Å². The van der Waals surface area contributed by atoms with Crippen molar-refractivity contribution < 1.29 is 19.1 Å². The summed E-state index contributed by atoms with van der Waals surface area (Å²) in [6, 6.07) is 4.51. The van der Waals surface area contributed by atoms with Gasteiger partial charge >= 0.3 is 6.03 Å². The lowest BCUT2D eigenvalue weighted by Gasteiger charge is -2.60. The second-order valence-corrected chi connectivity index (χ2v) is 10.7. The average Bonchev–Trinajstić information content (AvgIpc) is 2.70. The number of halogens is 1. The number of nitrogens with one attached hydrogen (secondary N) is 1. The van der Waals surface area contributed by atoms with Crippen molar-refractivity contribution in [3.05, 3.63) is 33.8 Å². The van der Waals surface area contributed by atoms with Gasteiger partial charge in [0.2, 0.25) is 0 Å². The Morgan fingerprint density at radius 2 is 1.74 bits per heavy atom. The van der Waals surface area contributed by atoms with E-state index in [1.165, 1.54) is 24.2 Å². The molecule has 7 heteroatoms.